The van der Waals surface area contributed by atoms with Crippen molar-refractivity contribution < 1.29 is 9.90 Å². The summed E-state index contributed by atoms with van der Waals surface area (Å²) in [6.07, 6.45) is 6.36. The number of rotatable bonds is 5. The second kappa shape index (κ2) is 7.55. The number of carbonyl (C=O) groups is 1. The molecule has 3 rings (SSSR count). The van der Waals surface area contributed by atoms with Crippen LogP contribution in [0.2, 0.25) is 0 Å². The van der Waals surface area contributed by atoms with Gasteiger partial charge in [0.2, 0.25) is 0 Å². The van der Waals surface area contributed by atoms with Gasteiger partial charge in [0, 0.05) is 24.6 Å². The average Bonchev–Trinajstić information content (AvgIpc) is 2.62. The predicted octanol–water partition coefficient (Wildman–Crippen LogP) is 3.39. The van der Waals surface area contributed by atoms with Gasteiger partial charge in [-0.3, -0.25) is 4.79 Å². The standard InChI is InChI=1S/C19H24N2O2/c22-14-6-13-21(16-8-2-1-3-9-16)19(23)18-12-11-15-7-4-5-10-17(15)20-18/h4-5,7,10-12,16,22H,1-3,6,8-9,13-14H2. The number of nitrogens with zero attached hydrogens (tertiary/aromatic N) is 2. The van der Waals surface area contributed by atoms with Gasteiger partial charge in [-0.2, -0.15) is 0 Å². The molecule has 1 N–H and O–H groups in total. The summed E-state index contributed by atoms with van der Waals surface area (Å²) in [7, 11) is 0. The molecule has 1 aromatic carbocycles. The molecule has 23 heavy (non-hydrogen) atoms. The number of hydrogen-bond donors (Lipinski definition) is 1. The van der Waals surface area contributed by atoms with Gasteiger partial charge in [-0.25, -0.2) is 4.98 Å². The quantitative estimate of drug-likeness (QED) is 0.920. The second-order valence-electron chi connectivity index (χ2n) is 6.26. The van der Waals surface area contributed by atoms with Crippen LogP contribution in [0.3, 0.4) is 0 Å². The first kappa shape index (κ1) is 15.9. The summed E-state index contributed by atoms with van der Waals surface area (Å²) in [5.74, 6) is -0.00361. The molecule has 0 bridgehead atoms. The van der Waals surface area contributed by atoms with E-state index >= 15 is 0 Å². The average molecular weight is 312 g/mol. The van der Waals surface area contributed by atoms with Gasteiger partial charge >= 0.3 is 0 Å². The fourth-order valence-electron chi connectivity index (χ4n) is 3.42. The Labute approximate surface area is 137 Å². The zero-order valence-corrected chi connectivity index (χ0v) is 13.4. The molecular weight excluding hydrogens is 288 g/mol. The third kappa shape index (κ3) is 3.70. The van der Waals surface area contributed by atoms with E-state index in [0.717, 1.165) is 23.7 Å². The van der Waals surface area contributed by atoms with E-state index in [9.17, 15) is 4.79 Å². The summed E-state index contributed by atoms with van der Waals surface area (Å²) in [5.41, 5.74) is 1.36. The molecular formula is C19H24N2O2. The van der Waals surface area contributed by atoms with Crippen LogP contribution in [-0.2, 0) is 0 Å². The number of amides is 1. The Morgan fingerprint density at radius 1 is 1.13 bits per heavy atom. The molecule has 1 aliphatic carbocycles. The van der Waals surface area contributed by atoms with E-state index in [1.54, 1.807) is 0 Å². The highest BCUT2D eigenvalue weighted by molar-refractivity contribution is 5.95. The number of hydrogen-bond acceptors (Lipinski definition) is 3. The molecule has 0 spiro atoms. The van der Waals surface area contributed by atoms with Gasteiger partial charge in [0.05, 0.1) is 5.52 Å². The highest BCUT2D eigenvalue weighted by Crippen LogP contribution is 2.24. The van der Waals surface area contributed by atoms with Crippen LogP contribution in [0.1, 0.15) is 49.0 Å². The highest BCUT2D eigenvalue weighted by Gasteiger charge is 2.26. The number of aromatic nitrogens is 1. The number of para-hydroxylation sites is 1. The van der Waals surface area contributed by atoms with Crippen LogP contribution in [0.4, 0.5) is 0 Å². The molecule has 0 atom stereocenters. The molecule has 1 amide bonds. The van der Waals surface area contributed by atoms with Crippen molar-refractivity contribution in [3.63, 3.8) is 0 Å². The Morgan fingerprint density at radius 3 is 2.70 bits per heavy atom. The van der Waals surface area contributed by atoms with Crippen LogP contribution in [0.25, 0.3) is 10.9 Å². The lowest BCUT2D eigenvalue weighted by Gasteiger charge is -2.34. The first-order valence-electron chi connectivity index (χ1n) is 8.57. The number of benzene rings is 1. The molecule has 122 valence electrons. The first-order valence-corrected chi connectivity index (χ1v) is 8.57. The molecule has 2 aromatic rings. The van der Waals surface area contributed by atoms with Gasteiger partial charge in [-0.05, 0) is 31.4 Å². The lowest BCUT2D eigenvalue weighted by Crippen LogP contribution is -2.42. The van der Waals surface area contributed by atoms with Crippen molar-refractivity contribution in [1.82, 2.24) is 9.88 Å². The Balaban J connectivity index is 1.85. The number of carbonyl (C=O) groups excluding carboxylic acids is 1. The highest BCUT2D eigenvalue weighted by atomic mass is 16.3. The van der Waals surface area contributed by atoms with Crippen LogP contribution in [0.5, 0.6) is 0 Å². The number of aliphatic hydroxyl groups excluding tert-OH is 1. The minimum absolute atomic E-state index is 0.00361. The van der Waals surface area contributed by atoms with Crippen molar-refractivity contribution in [2.45, 2.75) is 44.6 Å². The summed E-state index contributed by atoms with van der Waals surface area (Å²) in [6, 6.07) is 11.9. The lowest BCUT2D eigenvalue weighted by atomic mass is 9.93. The van der Waals surface area contributed by atoms with E-state index in [4.69, 9.17) is 5.11 Å². The predicted molar refractivity (Wildman–Crippen MR) is 91.4 cm³/mol. The molecule has 0 saturated heterocycles. The number of pyridine rings is 1. The van der Waals surface area contributed by atoms with Crippen molar-refractivity contribution in [3.8, 4) is 0 Å². The fourth-order valence-corrected chi connectivity index (χ4v) is 3.42. The smallest absolute Gasteiger partial charge is 0.272 e. The topological polar surface area (TPSA) is 53.4 Å². The Hall–Kier alpha value is -1.94. The third-order valence-electron chi connectivity index (χ3n) is 4.65. The van der Waals surface area contributed by atoms with Gasteiger partial charge in [-0.15, -0.1) is 0 Å². The molecule has 1 fully saturated rings. The Morgan fingerprint density at radius 2 is 1.91 bits per heavy atom. The van der Waals surface area contributed by atoms with Gasteiger partial charge < -0.3 is 10.0 Å². The molecule has 1 saturated carbocycles. The minimum Gasteiger partial charge on any atom is -0.396 e. The van der Waals surface area contributed by atoms with Crippen LogP contribution in [0.15, 0.2) is 36.4 Å². The SMILES string of the molecule is O=C(c1ccc2ccccc2n1)N(CCCO)C1CCCCC1. The van der Waals surface area contributed by atoms with Gasteiger partial charge in [0.15, 0.2) is 0 Å². The number of aliphatic hydroxyl groups is 1. The summed E-state index contributed by atoms with van der Waals surface area (Å²) in [4.78, 5) is 19.5. The molecule has 0 aliphatic heterocycles. The monoisotopic (exact) mass is 312 g/mol. The van der Waals surface area contributed by atoms with Crippen LogP contribution in [0, 0.1) is 0 Å². The summed E-state index contributed by atoms with van der Waals surface area (Å²) in [6.45, 7) is 0.718. The molecule has 1 aromatic heterocycles. The first-order chi connectivity index (χ1) is 11.3. The molecule has 0 unspecified atom stereocenters. The van der Waals surface area contributed by atoms with Crippen LogP contribution < -0.4 is 0 Å². The molecule has 0 radical (unpaired) electrons. The Bertz CT molecular complexity index is 665. The zero-order chi connectivity index (χ0) is 16.1. The molecule has 1 aliphatic rings. The largest absolute Gasteiger partial charge is 0.396 e. The van der Waals surface area contributed by atoms with Gasteiger partial charge in [0.1, 0.15) is 5.69 Å². The van der Waals surface area contributed by atoms with E-state index in [1.165, 1.54) is 19.3 Å². The van der Waals surface area contributed by atoms with Crippen LogP contribution in [-0.4, -0.2) is 40.1 Å². The van der Waals surface area contributed by atoms with E-state index in [-0.39, 0.29) is 18.6 Å². The summed E-state index contributed by atoms with van der Waals surface area (Å²) in [5, 5.41) is 10.2. The van der Waals surface area contributed by atoms with Crippen molar-refractivity contribution in [2.75, 3.05) is 13.2 Å². The third-order valence-corrected chi connectivity index (χ3v) is 4.65. The van der Waals surface area contributed by atoms with Gasteiger partial charge in [-0.1, -0.05) is 43.5 Å². The molecule has 4 nitrogen and oxygen atoms in total. The van der Waals surface area contributed by atoms with Crippen LogP contribution >= 0.6 is 0 Å². The van der Waals surface area contributed by atoms with E-state index in [2.05, 4.69) is 4.98 Å². The maximum Gasteiger partial charge on any atom is 0.272 e. The maximum absolute atomic E-state index is 13.0. The molecule has 1 heterocycles. The zero-order valence-electron chi connectivity index (χ0n) is 13.4. The Kier molecular flexibility index (Phi) is 5.23. The van der Waals surface area contributed by atoms with Crippen molar-refractivity contribution in [2.24, 2.45) is 0 Å². The lowest BCUT2D eigenvalue weighted by molar-refractivity contribution is 0.0613. The summed E-state index contributed by atoms with van der Waals surface area (Å²) < 4.78 is 0. The van der Waals surface area contributed by atoms with Crippen molar-refractivity contribution in [3.05, 3.63) is 42.1 Å². The van der Waals surface area contributed by atoms with Crippen molar-refractivity contribution >= 4 is 16.8 Å². The van der Waals surface area contributed by atoms with Gasteiger partial charge in [0.25, 0.3) is 5.91 Å². The maximum atomic E-state index is 13.0. The second-order valence-corrected chi connectivity index (χ2v) is 6.26. The van der Waals surface area contributed by atoms with Crippen molar-refractivity contribution in [1.29, 1.82) is 0 Å². The normalized spacial score (nSPS) is 15.7. The van der Waals surface area contributed by atoms with E-state index < -0.39 is 0 Å². The molecule has 4 heteroatoms. The van der Waals surface area contributed by atoms with E-state index in [0.29, 0.717) is 18.7 Å². The van der Waals surface area contributed by atoms with E-state index in [1.807, 2.05) is 41.3 Å². The fraction of sp³-hybridized carbons (Fsp3) is 0.474. The minimum atomic E-state index is -0.00361. The summed E-state index contributed by atoms with van der Waals surface area (Å²) >= 11 is 0. The number of fused-ring (bicyclic) bond motifs is 1.